The maximum absolute atomic E-state index is 5.43. The van der Waals surface area contributed by atoms with E-state index in [-0.39, 0.29) is 0 Å². The molecule has 0 saturated heterocycles. The lowest BCUT2D eigenvalue weighted by molar-refractivity contribution is 0.812. The molecule has 0 radical (unpaired) electrons. The number of hydrogen-bond acceptors (Lipinski definition) is 5. The fraction of sp³-hybridized carbons (Fsp3) is 0.667. The second-order valence-corrected chi connectivity index (χ2v) is 2.85. The summed E-state index contributed by atoms with van der Waals surface area (Å²) >= 11 is 1.40. The van der Waals surface area contributed by atoms with E-state index in [4.69, 9.17) is 5.73 Å². The molecular formula is C6H12N4S. The molecule has 0 saturated carbocycles. The Labute approximate surface area is 70.2 Å². The summed E-state index contributed by atoms with van der Waals surface area (Å²) in [5.41, 5.74) is 5.43. The molecule has 0 bridgehead atoms. The fourth-order valence-corrected chi connectivity index (χ4v) is 1.47. The van der Waals surface area contributed by atoms with Gasteiger partial charge in [0.2, 0.25) is 5.13 Å². The predicted octanol–water partition coefficient (Wildman–Crippen LogP) is 0.323. The average molecular weight is 172 g/mol. The second kappa shape index (κ2) is 4.25. The zero-order chi connectivity index (χ0) is 8.10. The minimum Gasteiger partial charge on any atom is -0.346 e. The second-order valence-electron chi connectivity index (χ2n) is 2.09. The Bertz CT molecular complexity index is 186. The quantitative estimate of drug-likeness (QED) is 0.710. The van der Waals surface area contributed by atoms with Crippen LogP contribution in [0.5, 0.6) is 0 Å². The van der Waals surface area contributed by atoms with Gasteiger partial charge in [0.05, 0.1) is 0 Å². The lowest BCUT2D eigenvalue weighted by Crippen LogP contribution is -2.28. The highest BCUT2D eigenvalue weighted by Crippen LogP contribution is 2.12. The number of likely N-dealkylation sites (N-methyl/N-ethyl adjacent to an activating group) is 1. The number of anilines is 1. The molecular weight excluding hydrogens is 160 g/mol. The lowest BCUT2D eigenvalue weighted by atomic mass is 10.5. The molecule has 5 heteroatoms. The lowest BCUT2D eigenvalue weighted by Gasteiger charge is -2.17. The zero-order valence-corrected chi connectivity index (χ0v) is 7.34. The maximum atomic E-state index is 5.43. The third-order valence-electron chi connectivity index (χ3n) is 1.40. The van der Waals surface area contributed by atoms with Gasteiger partial charge >= 0.3 is 0 Å². The number of nitrogens with zero attached hydrogens (tertiary/aromatic N) is 3. The first-order valence-electron chi connectivity index (χ1n) is 3.60. The van der Waals surface area contributed by atoms with Gasteiger partial charge in [-0.1, -0.05) is 0 Å². The van der Waals surface area contributed by atoms with Crippen molar-refractivity contribution in [3.8, 4) is 0 Å². The highest BCUT2D eigenvalue weighted by molar-refractivity contribution is 7.09. The Balaban J connectivity index is 2.56. The van der Waals surface area contributed by atoms with Crippen molar-refractivity contribution in [3.63, 3.8) is 0 Å². The first kappa shape index (κ1) is 8.42. The van der Waals surface area contributed by atoms with Crippen LogP contribution >= 0.6 is 11.5 Å². The minimum atomic E-state index is 0.660. The van der Waals surface area contributed by atoms with E-state index in [2.05, 4.69) is 21.2 Å². The largest absolute Gasteiger partial charge is 0.346 e. The van der Waals surface area contributed by atoms with Crippen molar-refractivity contribution in [2.45, 2.75) is 6.92 Å². The third kappa shape index (κ3) is 2.13. The van der Waals surface area contributed by atoms with Gasteiger partial charge in [0, 0.05) is 31.2 Å². The number of hydrogen-bond donors (Lipinski definition) is 1. The molecule has 0 aliphatic rings. The molecule has 1 heterocycles. The molecule has 62 valence electrons. The van der Waals surface area contributed by atoms with E-state index in [1.165, 1.54) is 11.5 Å². The molecule has 0 amide bonds. The van der Waals surface area contributed by atoms with Crippen LogP contribution in [0.1, 0.15) is 6.92 Å². The zero-order valence-electron chi connectivity index (χ0n) is 6.53. The summed E-state index contributed by atoms with van der Waals surface area (Å²) in [6, 6.07) is 0. The Morgan fingerprint density at radius 3 is 3.00 bits per heavy atom. The summed E-state index contributed by atoms with van der Waals surface area (Å²) < 4.78 is 3.92. The van der Waals surface area contributed by atoms with Gasteiger partial charge in [-0.05, 0) is 6.92 Å². The summed E-state index contributed by atoms with van der Waals surface area (Å²) in [7, 11) is 0. The summed E-state index contributed by atoms with van der Waals surface area (Å²) in [5, 5.41) is 0.956. The number of aromatic nitrogens is 2. The summed E-state index contributed by atoms with van der Waals surface area (Å²) in [5.74, 6) is 0. The molecule has 0 spiro atoms. The maximum Gasteiger partial charge on any atom is 0.204 e. The topological polar surface area (TPSA) is 55.0 Å². The van der Waals surface area contributed by atoms with E-state index in [0.717, 1.165) is 18.2 Å². The standard InChI is InChI=1S/C6H12N4S/c1-2-10(4-3-7)6-8-5-9-11-6/h5H,2-4,7H2,1H3. The van der Waals surface area contributed by atoms with Gasteiger partial charge in [-0.2, -0.15) is 4.37 Å². The molecule has 1 aromatic rings. The van der Waals surface area contributed by atoms with Gasteiger partial charge in [0.1, 0.15) is 6.33 Å². The predicted molar refractivity (Wildman–Crippen MR) is 46.9 cm³/mol. The first-order chi connectivity index (χ1) is 5.38. The van der Waals surface area contributed by atoms with E-state index in [9.17, 15) is 0 Å². The van der Waals surface area contributed by atoms with E-state index in [1.807, 2.05) is 0 Å². The Kier molecular flexibility index (Phi) is 3.25. The number of nitrogens with two attached hydrogens (primary N) is 1. The molecule has 11 heavy (non-hydrogen) atoms. The van der Waals surface area contributed by atoms with Gasteiger partial charge in [-0.25, -0.2) is 4.98 Å². The Morgan fingerprint density at radius 2 is 2.55 bits per heavy atom. The molecule has 1 aromatic heterocycles. The third-order valence-corrected chi connectivity index (χ3v) is 2.13. The molecule has 0 fully saturated rings. The van der Waals surface area contributed by atoms with Crippen LogP contribution in [0.4, 0.5) is 5.13 Å². The van der Waals surface area contributed by atoms with Crippen LogP contribution in [0.2, 0.25) is 0 Å². The Morgan fingerprint density at radius 1 is 1.73 bits per heavy atom. The summed E-state index contributed by atoms with van der Waals surface area (Å²) in [4.78, 5) is 6.19. The first-order valence-corrected chi connectivity index (χ1v) is 4.37. The highest BCUT2D eigenvalue weighted by Gasteiger charge is 2.04. The van der Waals surface area contributed by atoms with Crippen molar-refractivity contribution >= 4 is 16.7 Å². The van der Waals surface area contributed by atoms with E-state index in [0.29, 0.717) is 6.54 Å². The van der Waals surface area contributed by atoms with E-state index >= 15 is 0 Å². The fourth-order valence-electron chi connectivity index (χ4n) is 0.851. The van der Waals surface area contributed by atoms with E-state index in [1.54, 1.807) is 6.33 Å². The Hall–Kier alpha value is -0.680. The SMILES string of the molecule is CCN(CCN)c1ncns1. The smallest absolute Gasteiger partial charge is 0.204 e. The van der Waals surface area contributed by atoms with Crippen molar-refractivity contribution in [3.05, 3.63) is 6.33 Å². The molecule has 0 aromatic carbocycles. The van der Waals surface area contributed by atoms with Gasteiger partial charge < -0.3 is 10.6 Å². The molecule has 4 nitrogen and oxygen atoms in total. The number of rotatable bonds is 4. The van der Waals surface area contributed by atoms with Crippen molar-refractivity contribution in [1.29, 1.82) is 0 Å². The van der Waals surface area contributed by atoms with Gasteiger partial charge in [0.25, 0.3) is 0 Å². The van der Waals surface area contributed by atoms with Gasteiger partial charge in [0.15, 0.2) is 0 Å². The molecule has 0 atom stereocenters. The van der Waals surface area contributed by atoms with Crippen LogP contribution in [0, 0.1) is 0 Å². The normalized spacial score (nSPS) is 10.0. The molecule has 2 N–H and O–H groups in total. The monoisotopic (exact) mass is 172 g/mol. The average Bonchev–Trinajstić information content (AvgIpc) is 2.52. The van der Waals surface area contributed by atoms with E-state index < -0.39 is 0 Å². The van der Waals surface area contributed by atoms with Crippen LogP contribution in [-0.4, -0.2) is 29.0 Å². The summed E-state index contributed by atoms with van der Waals surface area (Å²) in [6.45, 7) is 4.53. The van der Waals surface area contributed by atoms with Crippen LogP contribution < -0.4 is 10.6 Å². The van der Waals surface area contributed by atoms with Crippen molar-refractivity contribution in [2.75, 3.05) is 24.5 Å². The molecule has 1 rings (SSSR count). The van der Waals surface area contributed by atoms with Gasteiger partial charge in [-0.15, -0.1) is 0 Å². The molecule has 0 aliphatic heterocycles. The minimum absolute atomic E-state index is 0.660. The van der Waals surface area contributed by atoms with Crippen LogP contribution in [0.15, 0.2) is 6.33 Å². The van der Waals surface area contributed by atoms with Crippen molar-refractivity contribution in [2.24, 2.45) is 5.73 Å². The van der Waals surface area contributed by atoms with Crippen molar-refractivity contribution < 1.29 is 0 Å². The van der Waals surface area contributed by atoms with Crippen LogP contribution in [0.3, 0.4) is 0 Å². The van der Waals surface area contributed by atoms with Crippen molar-refractivity contribution in [1.82, 2.24) is 9.36 Å². The molecule has 0 aliphatic carbocycles. The molecule has 0 unspecified atom stereocenters. The summed E-state index contributed by atoms with van der Waals surface area (Å²) in [6.07, 6.45) is 1.57. The van der Waals surface area contributed by atoms with Gasteiger partial charge in [-0.3, -0.25) is 0 Å². The van der Waals surface area contributed by atoms with Crippen LogP contribution in [0.25, 0.3) is 0 Å². The van der Waals surface area contributed by atoms with Crippen LogP contribution in [-0.2, 0) is 0 Å². The highest BCUT2D eigenvalue weighted by atomic mass is 32.1.